The number of hydrogen-bond acceptors (Lipinski definition) is 7. The fourth-order valence-electron chi connectivity index (χ4n) is 2.54. The molecule has 0 spiro atoms. The molecule has 1 amide bonds. The smallest absolute Gasteiger partial charge is 0.223 e. The molecule has 1 fully saturated rings. The summed E-state index contributed by atoms with van der Waals surface area (Å²) in [5.74, 6) is 1.13. The molecule has 1 aliphatic carbocycles. The van der Waals surface area contributed by atoms with E-state index in [9.17, 15) is 4.79 Å². The van der Waals surface area contributed by atoms with Crippen LogP contribution in [0.4, 0.5) is 5.82 Å². The van der Waals surface area contributed by atoms with Crippen molar-refractivity contribution in [1.82, 2.24) is 25.1 Å². The molecule has 0 unspecified atom stereocenters. The minimum absolute atomic E-state index is 0.147. The zero-order valence-electron chi connectivity index (χ0n) is 15.5. The summed E-state index contributed by atoms with van der Waals surface area (Å²) in [5, 5.41) is 12.7. The first-order chi connectivity index (χ1) is 12.6. The van der Waals surface area contributed by atoms with Crippen molar-refractivity contribution >= 4 is 34.5 Å². The van der Waals surface area contributed by atoms with Crippen LogP contribution in [0.15, 0.2) is 11.4 Å². The van der Waals surface area contributed by atoms with Gasteiger partial charge in [0.2, 0.25) is 5.91 Å². The first-order valence-corrected chi connectivity index (χ1v) is 9.87. The van der Waals surface area contributed by atoms with Gasteiger partial charge >= 0.3 is 0 Å². The van der Waals surface area contributed by atoms with E-state index in [1.165, 1.54) is 0 Å². The average Bonchev–Trinajstić information content (AvgIpc) is 3.37. The standard InChI is InChI=1S/C17H26N6O2S/c1-11(2)26-17-21-14(18-7-9-25-3)13-10-20-23(15(13)22-17)8-6-19-16(24)12-4-5-12/h10-12H,4-9H2,1-3H3,(H,19,24)(H,18,21,22). The van der Waals surface area contributed by atoms with Gasteiger partial charge in [0.1, 0.15) is 5.82 Å². The van der Waals surface area contributed by atoms with Gasteiger partial charge in [0, 0.05) is 31.4 Å². The molecule has 0 atom stereocenters. The number of nitrogens with one attached hydrogen (secondary N) is 2. The number of fused-ring (bicyclic) bond motifs is 1. The molecule has 3 rings (SSSR count). The molecule has 142 valence electrons. The van der Waals surface area contributed by atoms with Gasteiger partial charge in [0.25, 0.3) is 0 Å². The number of hydrogen-bond donors (Lipinski definition) is 2. The molecule has 2 aromatic rings. The molecule has 0 aliphatic heterocycles. The third-order valence-corrected chi connectivity index (χ3v) is 4.85. The van der Waals surface area contributed by atoms with Crippen LogP contribution in [0.3, 0.4) is 0 Å². The Bertz CT molecular complexity index is 759. The second kappa shape index (κ2) is 8.68. The van der Waals surface area contributed by atoms with Crippen LogP contribution in [-0.4, -0.2) is 57.7 Å². The Morgan fingerprint density at radius 1 is 1.38 bits per heavy atom. The highest BCUT2D eigenvalue weighted by atomic mass is 32.2. The number of carbonyl (C=O) groups excluding carboxylic acids is 1. The Hall–Kier alpha value is -1.87. The second-order valence-corrected chi connectivity index (χ2v) is 8.15. The molecule has 26 heavy (non-hydrogen) atoms. The van der Waals surface area contributed by atoms with Crippen molar-refractivity contribution in [2.24, 2.45) is 5.92 Å². The molecule has 1 saturated carbocycles. The third kappa shape index (κ3) is 4.85. The maximum atomic E-state index is 11.8. The summed E-state index contributed by atoms with van der Waals surface area (Å²) in [6, 6.07) is 0. The number of anilines is 1. The lowest BCUT2D eigenvalue weighted by Gasteiger charge is -2.10. The summed E-state index contributed by atoms with van der Waals surface area (Å²) in [5.41, 5.74) is 0.781. The molecule has 1 aliphatic rings. The van der Waals surface area contributed by atoms with E-state index in [1.807, 2.05) is 4.68 Å². The lowest BCUT2D eigenvalue weighted by molar-refractivity contribution is -0.122. The van der Waals surface area contributed by atoms with Crippen LogP contribution in [-0.2, 0) is 16.1 Å². The van der Waals surface area contributed by atoms with Crippen LogP contribution in [0.2, 0.25) is 0 Å². The van der Waals surface area contributed by atoms with Gasteiger partial charge in [-0.15, -0.1) is 0 Å². The van der Waals surface area contributed by atoms with Gasteiger partial charge in [-0.3, -0.25) is 4.79 Å². The van der Waals surface area contributed by atoms with Gasteiger partial charge in [0.05, 0.1) is 24.7 Å². The van der Waals surface area contributed by atoms with Crippen LogP contribution in [0.1, 0.15) is 26.7 Å². The predicted octanol–water partition coefficient (Wildman–Crippen LogP) is 1.91. The van der Waals surface area contributed by atoms with Gasteiger partial charge in [0.15, 0.2) is 10.8 Å². The molecule has 2 N–H and O–H groups in total. The van der Waals surface area contributed by atoms with Crippen molar-refractivity contribution in [3.8, 4) is 0 Å². The second-order valence-electron chi connectivity index (χ2n) is 6.61. The summed E-state index contributed by atoms with van der Waals surface area (Å²) in [7, 11) is 1.67. The zero-order chi connectivity index (χ0) is 18.5. The monoisotopic (exact) mass is 378 g/mol. The number of aromatic nitrogens is 4. The Labute approximate surface area is 157 Å². The lowest BCUT2D eigenvalue weighted by Crippen LogP contribution is -2.28. The quantitative estimate of drug-likeness (QED) is 0.370. The number of methoxy groups -OCH3 is 1. The van der Waals surface area contributed by atoms with E-state index in [0.29, 0.717) is 31.5 Å². The van der Waals surface area contributed by atoms with E-state index in [4.69, 9.17) is 4.74 Å². The maximum Gasteiger partial charge on any atom is 0.223 e. The highest BCUT2D eigenvalue weighted by Gasteiger charge is 2.29. The molecular formula is C17H26N6O2S. The molecule has 9 heteroatoms. The highest BCUT2D eigenvalue weighted by Crippen LogP contribution is 2.29. The SMILES string of the molecule is COCCNc1nc(SC(C)C)nc2c1cnn2CCNC(=O)C1CC1. The average molecular weight is 379 g/mol. The first kappa shape index (κ1) is 18.9. The normalized spacial score (nSPS) is 14.2. The van der Waals surface area contributed by atoms with E-state index in [-0.39, 0.29) is 11.8 Å². The van der Waals surface area contributed by atoms with Crippen LogP contribution in [0.5, 0.6) is 0 Å². The maximum absolute atomic E-state index is 11.8. The summed E-state index contributed by atoms with van der Waals surface area (Å²) >= 11 is 1.62. The fourth-order valence-corrected chi connectivity index (χ4v) is 3.25. The van der Waals surface area contributed by atoms with Gasteiger partial charge in [-0.05, 0) is 12.8 Å². The summed E-state index contributed by atoms with van der Waals surface area (Å²) < 4.78 is 6.93. The minimum atomic E-state index is 0.147. The molecule has 0 radical (unpaired) electrons. The predicted molar refractivity (Wildman–Crippen MR) is 102 cm³/mol. The number of thioether (sulfide) groups is 1. The number of ether oxygens (including phenoxy) is 1. The topological polar surface area (TPSA) is 94.0 Å². The van der Waals surface area contributed by atoms with Crippen molar-refractivity contribution in [3.05, 3.63) is 6.20 Å². The van der Waals surface area contributed by atoms with E-state index in [0.717, 1.165) is 34.8 Å². The number of carbonyl (C=O) groups is 1. The van der Waals surface area contributed by atoms with Crippen molar-refractivity contribution in [1.29, 1.82) is 0 Å². The van der Waals surface area contributed by atoms with Crippen LogP contribution >= 0.6 is 11.8 Å². The van der Waals surface area contributed by atoms with E-state index >= 15 is 0 Å². The lowest BCUT2D eigenvalue weighted by atomic mass is 10.4. The highest BCUT2D eigenvalue weighted by molar-refractivity contribution is 7.99. The summed E-state index contributed by atoms with van der Waals surface area (Å²) in [6.07, 6.45) is 3.79. The van der Waals surface area contributed by atoms with Crippen molar-refractivity contribution in [2.45, 2.75) is 43.6 Å². The number of amides is 1. The fraction of sp³-hybridized carbons (Fsp3) is 0.647. The summed E-state index contributed by atoms with van der Waals surface area (Å²) in [4.78, 5) is 21.1. The minimum Gasteiger partial charge on any atom is -0.383 e. The Morgan fingerprint density at radius 2 is 2.19 bits per heavy atom. The van der Waals surface area contributed by atoms with Crippen LogP contribution in [0, 0.1) is 5.92 Å². The van der Waals surface area contributed by atoms with Gasteiger partial charge < -0.3 is 15.4 Å². The van der Waals surface area contributed by atoms with Crippen molar-refractivity contribution in [2.75, 3.05) is 32.1 Å². The van der Waals surface area contributed by atoms with Crippen LogP contribution in [0.25, 0.3) is 11.0 Å². The molecule has 2 aromatic heterocycles. The van der Waals surface area contributed by atoms with E-state index < -0.39 is 0 Å². The molecule has 2 heterocycles. The van der Waals surface area contributed by atoms with Crippen molar-refractivity contribution in [3.63, 3.8) is 0 Å². The zero-order valence-corrected chi connectivity index (χ0v) is 16.3. The Balaban J connectivity index is 1.77. The largest absolute Gasteiger partial charge is 0.383 e. The van der Waals surface area contributed by atoms with Crippen LogP contribution < -0.4 is 10.6 Å². The molecule has 0 bridgehead atoms. The molecule has 8 nitrogen and oxygen atoms in total. The number of nitrogens with zero attached hydrogens (tertiary/aromatic N) is 4. The Kier molecular flexibility index (Phi) is 6.31. The molecular weight excluding hydrogens is 352 g/mol. The van der Waals surface area contributed by atoms with Gasteiger partial charge in [-0.2, -0.15) is 5.10 Å². The molecule has 0 aromatic carbocycles. The van der Waals surface area contributed by atoms with E-state index in [2.05, 4.69) is 39.5 Å². The third-order valence-electron chi connectivity index (χ3n) is 3.99. The first-order valence-electron chi connectivity index (χ1n) is 8.99. The van der Waals surface area contributed by atoms with Gasteiger partial charge in [-0.1, -0.05) is 25.6 Å². The number of rotatable bonds is 10. The molecule has 0 saturated heterocycles. The van der Waals surface area contributed by atoms with Crippen molar-refractivity contribution < 1.29 is 9.53 Å². The summed E-state index contributed by atoms with van der Waals surface area (Å²) in [6.45, 7) is 6.62. The van der Waals surface area contributed by atoms with E-state index in [1.54, 1.807) is 25.1 Å². The van der Waals surface area contributed by atoms with Gasteiger partial charge in [-0.25, -0.2) is 14.6 Å². The Morgan fingerprint density at radius 3 is 2.88 bits per heavy atom.